The molecule has 1 aliphatic carbocycles. The normalized spacial score (nSPS) is 29.5. The third-order valence-corrected chi connectivity index (χ3v) is 3.63. The monoisotopic (exact) mass is 221 g/mol. The van der Waals surface area contributed by atoms with E-state index in [-0.39, 0.29) is 0 Å². The van der Waals surface area contributed by atoms with Gasteiger partial charge in [-0.1, -0.05) is 0 Å². The number of hydrogen-bond donors (Lipinski definition) is 1. The van der Waals surface area contributed by atoms with Crippen molar-refractivity contribution in [3.8, 4) is 0 Å². The molecule has 78 valence electrons. The molecule has 0 spiro atoms. The van der Waals surface area contributed by atoms with Crippen molar-refractivity contribution >= 4 is 24.7 Å². The van der Waals surface area contributed by atoms with Gasteiger partial charge in [0.05, 0.1) is 6.10 Å². The summed E-state index contributed by atoms with van der Waals surface area (Å²) in [6.45, 7) is 0. The van der Waals surface area contributed by atoms with Crippen molar-refractivity contribution in [2.24, 2.45) is 0 Å². The maximum atomic E-state index is 5.52. The Balaban J connectivity index is 2.22. The Hall–Kier alpha value is 0.620. The number of hydrogen-bond acceptors (Lipinski definition) is 4. The summed E-state index contributed by atoms with van der Waals surface area (Å²) in [6.07, 6.45) is 7.38. The van der Waals surface area contributed by atoms with Crippen molar-refractivity contribution in [1.29, 1.82) is 0 Å². The van der Waals surface area contributed by atoms with E-state index in [9.17, 15) is 0 Å². The second kappa shape index (κ2) is 6.17. The van der Waals surface area contributed by atoms with E-state index in [0.29, 0.717) is 6.10 Å². The summed E-state index contributed by atoms with van der Waals surface area (Å²) in [4.78, 5) is 2.32. The predicted octanol–water partition coefficient (Wildman–Crippen LogP) is 2.41. The highest BCUT2D eigenvalue weighted by Crippen LogP contribution is 2.26. The van der Waals surface area contributed by atoms with Crippen LogP contribution in [0.25, 0.3) is 0 Å². The minimum Gasteiger partial charge on any atom is -0.312 e. The summed E-state index contributed by atoms with van der Waals surface area (Å²) in [7, 11) is 2.15. The Labute approximate surface area is 91.0 Å². The first-order valence-corrected chi connectivity index (χ1v) is 6.56. The second-order valence-corrected chi connectivity index (χ2v) is 4.40. The number of thiol groups is 1. The predicted molar refractivity (Wildman–Crippen MR) is 62.3 cm³/mol. The van der Waals surface area contributed by atoms with E-state index in [4.69, 9.17) is 4.18 Å². The highest BCUT2D eigenvalue weighted by molar-refractivity contribution is 7.93. The molecule has 4 heteroatoms. The van der Waals surface area contributed by atoms with Crippen LogP contribution in [0.4, 0.5) is 0 Å². The molecule has 0 aromatic heterocycles. The fourth-order valence-electron chi connectivity index (χ4n) is 1.83. The maximum Gasteiger partial charge on any atom is 0.0723 e. The van der Waals surface area contributed by atoms with Crippen LogP contribution >= 0.6 is 24.7 Å². The molecular weight excluding hydrogens is 202 g/mol. The summed E-state index contributed by atoms with van der Waals surface area (Å²) in [5.41, 5.74) is 0. The minimum atomic E-state index is 0.486. The van der Waals surface area contributed by atoms with E-state index in [2.05, 4.69) is 24.6 Å². The third kappa shape index (κ3) is 3.70. The fourth-order valence-corrected chi connectivity index (χ4v) is 2.53. The molecule has 0 N–H and O–H groups in total. The smallest absolute Gasteiger partial charge is 0.0723 e. The lowest BCUT2D eigenvalue weighted by molar-refractivity contribution is 0.127. The topological polar surface area (TPSA) is 12.5 Å². The first kappa shape index (κ1) is 11.7. The van der Waals surface area contributed by atoms with Crippen molar-refractivity contribution in [3.63, 3.8) is 0 Å². The Morgan fingerprint density at radius 2 is 2.00 bits per heavy atom. The maximum absolute atomic E-state index is 5.52. The van der Waals surface area contributed by atoms with E-state index in [1.54, 1.807) is 0 Å². The SMILES string of the molecule is CSOC1CCC(N(C)CS)CC1. The minimum absolute atomic E-state index is 0.486. The molecule has 1 aliphatic rings. The van der Waals surface area contributed by atoms with Crippen LogP contribution in [-0.4, -0.2) is 36.2 Å². The van der Waals surface area contributed by atoms with Gasteiger partial charge in [-0.3, -0.25) is 4.90 Å². The van der Waals surface area contributed by atoms with Crippen molar-refractivity contribution < 1.29 is 4.18 Å². The molecule has 1 rings (SSSR count). The standard InChI is InChI=1S/C9H19NOS2/c1-10(7-12)8-3-5-9(6-4-8)11-13-2/h8-9,12H,3-7H2,1-2H3. The van der Waals surface area contributed by atoms with Gasteiger partial charge in [0.2, 0.25) is 0 Å². The molecule has 0 atom stereocenters. The Kier molecular flexibility index (Phi) is 5.55. The van der Waals surface area contributed by atoms with Crippen LogP contribution in [0.3, 0.4) is 0 Å². The van der Waals surface area contributed by atoms with E-state index >= 15 is 0 Å². The molecular formula is C9H19NOS2. The molecule has 0 heterocycles. The summed E-state index contributed by atoms with van der Waals surface area (Å²) < 4.78 is 5.52. The Morgan fingerprint density at radius 3 is 2.46 bits per heavy atom. The molecule has 13 heavy (non-hydrogen) atoms. The molecule has 1 saturated carbocycles. The number of nitrogens with zero attached hydrogens (tertiary/aromatic N) is 1. The Bertz CT molecular complexity index is 138. The van der Waals surface area contributed by atoms with Crippen LogP contribution in [0, 0.1) is 0 Å². The fraction of sp³-hybridized carbons (Fsp3) is 1.00. The molecule has 2 nitrogen and oxygen atoms in total. The average Bonchev–Trinajstić information content (AvgIpc) is 2.18. The van der Waals surface area contributed by atoms with Gasteiger partial charge in [-0.25, -0.2) is 0 Å². The highest BCUT2D eigenvalue weighted by atomic mass is 32.2. The van der Waals surface area contributed by atoms with Gasteiger partial charge in [-0.05, 0) is 44.8 Å². The van der Waals surface area contributed by atoms with Gasteiger partial charge in [0.25, 0.3) is 0 Å². The van der Waals surface area contributed by atoms with Crippen LogP contribution in [0.5, 0.6) is 0 Å². The molecule has 0 bridgehead atoms. The van der Waals surface area contributed by atoms with Gasteiger partial charge < -0.3 is 4.18 Å². The zero-order valence-corrected chi connectivity index (χ0v) is 10.1. The first-order chi connectivity index (χ1) is 6.27. The molecule has 0 aromatic rings. The van der Waals surface area contributed by atoms with Gasteiger partial charge in [-0.15, -0.1) is 0 Å². The van der Waals surface area contributed by atoms with Crippen LogP contribution < -0.4 is 0 Å². The van der Waals surface area contributed by atoms with Crippen LogP contribution in [-0.2, 0) is 4.18 Å². The van der Waals surface area contributed by atoms with E-state index in [1.807, 2.05) is 6.26 Å². The van der Waals surface area contributed by atoms with Crippen LogP contribution in [0.2, 0.25) is 0 Å². The quantitative estimate of drug-likeness (QED) is 0.445. The van der Waals surface area contributed by atoms with Gasteiger partial charge in [0.15, 0.2) is 0 Å². The van der Waals surface area contributed by atoms with Gasteiger partial charge in [-0.2, -0.15) is 12.6 Å². The molecule has 0 aromatic carbocycles. The summed E-state index contributed by atoms with van der Waals surface area (Å²) in [5, 5.41) is 0. The molecule has 0 aliphatic heterocycles. The molecule has 0 amide bonds. The lowest BCUT2D eigenvalue weighted by Gasteiger charge is -2.33. The van der Waals surface area contributed by atoms with E-state index in [1.165, 1.54) is 37.7 Å². The lowest BCUT2D eigenvalue weighted by atomic mass is 9.92. The van der Waals surface area contributed by atoms with Gasteiger partial charge in [0, 0.05) is 18.2 Å². The van der Waals surface area contributed by atoms with Crippen molar-refractivity contribution in [3.05, 3.63) is 0 Å². The number of rotatable bonds is 4. The van der Waals surface area contributed by atoms with Crippen molar-refractivity contribution in [2.75, 3.05) is 19.2 Å². The van der Waals surface area contributed by atoms with Crippen LogP contribution in [0.15, 0.2) is 0 Å². The molecule has 0 saturated heterocycles. The summed E-state index contributed by atoms with van der Waals surface area (Å²) in [5.74, 6) is 0.860. The third-order valence-electron chi connectivity index (χ3n) is 2.72. The molecule has 1 fully saturated rings. The second-order valence-electron chi connectivity index (χ2n) is 3.59. The Morgan fingerprint density at radius 1 is 1.38 bits per heavy atom. The van der Waals surface area contributed by atoms with Crippen molar-refractivity contribution in [2.45, 2.75) is 37.8 Å². The lowest BCUT2D eigenvalue weighted by Crippen LogP contribution is -2.35. The van der Waals surface area contributed by atoms with Crippen molar-refractivity contribution in [1.82, 2.24) is 4.90 Å². The largest absolute Gasteiger partial charge is 0.312 e. The van der Waals surface area contributed by atoms with Crippen LogP contribution in [0.1, 0.15) is 25.7 Å². The highest BCUT2D eigenvalue weighted by Gasteiger charge is 2.23. The summed E-state index contributed by atoms with van der Waals surface area (Å²) in [6, 6.07) is 0.721. The van der Waals surface area contributed by atoms with E-state index < -0.39 is 0 Å². The average molecular weight is 221 g/mol. The zero-order chi connectivity index (χ0) is 9.68. The van der Waals surface area contributed by atoms with Gasteiger partial charge >= 0.3 is 0 Å². The van der Waals surface area contributed by atoms with Gasteiger partial charge in [0.1, 0.15) is 0 Å². The molecule has 0 radical (unpaired) electrons. The zero-order valence-electron chi connectivity index (χ0n) is 8.40. The summed E-state index contributed by atoms with van der Waals surface area (Å²) >= 11 is 5.77. The first-order valence-electron chi connectivity index (χ1n) is 4.78. The molecule has 0 unspecified atom stereocenters. The van der Waals surface area contributed by atoms with E-state index in [0.717, 1.165) is 11.9 Å².